The number of hydrogen-bond acceptors (Lipinski definition) is 5. The SMILES string of the molecule is Cc1cnc(NC(=O)c2cc(OCc3ccccc3)ccn2)s1. The van der Waals surface area contributed by atoms with Crippen LogP contribution >= 0.6 is 11.3 Å². The maximum atomic E-state index is 12.2. The highest BCUT2D eigenvalue weighted by molar-refractivity contribution is 7.15. The quantitative estimate of drug-likeness (QED) is 0.777. The second kappa shape index (κ2) is 7.02. The highest BCUT2D eigenvalue weighted by Gasteiger charge is 2.11. The summed E-state index contributed by atoms with van der Waals surface area (Å²) in [6.07, 6.45) is 3.27. The highest BCUT2D eigenvalue weighted by atomic mass is 32.1. The number of thiazole rings is 1. The predicted octanol–water partition coefficient (Wildman–Crippen LogP) is 3.68. The van der Waals surface area contributed by atoms with Gasteiger partial charge in [-0.3, -0.25) is 15.1 Å². The molecule has 1 amide bonds. The Morgan fingerprint density at radius 3 is 2.78 bits per heavy atom. The molecule has 5 nitrogen and oxygen atoms in total. The molecule has 1 N–H and O–H groups in total. The number of pyridine rings is 1. The highest BCUT2D eigenvalue weighted by Crippen LogP contribution is 2.18. The Bertz CT molecular complexity index is 802. The molecule has 0 unspecified atom stereocenters. The molecular formula is C17H15N3O2S. The summed E-state index contributed by atoms with van der Waals surface area (Å²) < 4.78 is 5.70. The zero-order valence-corrected chi connectivity index (χ0v) is 13.3. The summed E-state index contributed by atoms with van der Waals surface area (Å²) in [7, 11) is 0. The molecule has 2 aromatic heterocycles. The molecule has 116 valence electrons. The van der Waals surface area contributed by atoms with E-state index in [1.165, 1.54) is 11.3 Å². The monoisotopic (exact) mass is 325 g/mol. The number of amides is 1. The van der Waals surface area contributed by atoms with Crippen LogP contribution in [0.4, 0.5) is 5.13 Å². The minimum atomic E-state index is -0.301. The first-order valence-corrected chi connectivity index (χ1v) is 7.89. The van der Waals surface area contributed by atoms with Gasteiger partial charge in [-0.2, -0.15) is 0 Å². The van der Waals surface area contributed by atoms with Crippen LogP contribution in [0.25, 0.3) is 0 Å². The molecule has 0 atom stereocenters. The van der Waals surface area contributed by atoms with Gasteiger partial charge in [-0.25, -0.2) is 4.98 Å². The van der Waals surface area contributed by atoms with Gasteiger partial charge in [0.25, 0.3) is 5.91 Å². The molecule has 0 bridgehead atoms. The number of nitrogens with one attached hydrogen (secondary N) is 1. The average Bonchev–Trinajstić information content (AvgIpc) is 2.99. The Hall–Kier alpha value is -2.73. The fraction of sp³-hybridized carbons (Fsp3) is 0.118. The topological polar surface area (TPSA) is 64.1 Å². The summed E-state index contributed by atoms with van der Waals surface area (Å²) >= 11 is 1.42. The molecular weight excluding hydrogens is 310 g/mol. The van der Waals surface area contributed by atoms with Crippen LogP contribution in [0.15, 0.2) is 54.9 Å². The number of nitrogens with zero attached hydrogens (tertiary/aromatic N) is 2. The Morgan fingerprint density at radius 2 is 2.04 bits per heavy atom. The normalized spacial score (nSPS) is 10.3. The lowest BCUT2D eigenvalue weighted by Gasteiger charge is -2.07. The first-order chi connectivity index (χ1) is 11.2. The fourth-order valence-electron chi connectivity index (χ4n) is 1.94. The van der Waals surface area contributed by atoms with Gasteiger partial charge in [0.15, 0.2) is 5.13 Å². The molecule has 3 aromatic rings. The van der Waals surface area contributed by atoms with Gasteiger partial charge >= 0.3 is 0 Å². The largest absolute Gasteiger partial charge is 0.489 e. The number of hydrogen-bond donors (Lipinski definition) is 1. The van der Waals surface area contributed by atoms with Crippen molar-refractivity contribution in [1.82, 2.24) is 9.97 Å². The third-order valence-electron chi connectivity index (χ3n) is 3.05. The van der Waals surface area contributed by atoms with E-state index in [1.54, 1.807) is 24.5 Å². The molecule has 0 saturated heterocycles. The number of ether oxygens (including phenoxy) is 1. The van der Waals surface area contributed by atoms with E-state index in [1.807, 2.05) is 37.3 Å². The van der Waals surface area contributed by atoms with Crippen molar-refractivity contribution in [3.8, 4) is 5.75 Å². The van der Waals surface area contributed by atoms with Gasteiger partial charge in [-0.05, 0) is 18.6 Å². The lowest BCUT2D eigenvalue weighted by molar-refractivity contribution is 0.102. The first-order valence-electron chi connectivity index (χ1n) is 7.07. The summed E-state index contributed by atoms with van der Waals surface area (Å²) in [6, 6.07) is 13.2. The Morgan fingerprint density at radius 1 is 1.22 bits per heavy atom. The van der Waals surface area contributed by atoms with Crippen LogP contribution < -0.4 is 10.1 Å². The molecule has 0 aliphatic carbocycles. The number of rotatable bonds is 5. The van der Waals surface area contributed by atoms with Gasteiger partial charge in [0, 0.05) is 23.3 Å². The average molecular weight is 325 g/mol. The molecule has 0 spiro atoms. The first kappa shape index (κ1) is 15.2. The smallest absolute Gasteiger partial charge is 0.276 e. The number of carbonyl (C=O) groups is 1. The van der Waals surface area contributed by atoms with E-state index in [0.717, 1.165) is 10.4 Å². The van der Waals surface area contributed by atoms with Gasteiger partial charge in [0.2, 0.25) is 0 Å². The van der Waals surface area contributed by atoms with Gasteiger partial charge in [0.05, 0.1) is 0 Å². The van der Waals surface area contributed by atoms with Crippen LogP contribution in [-0.4, -0.2) is 15.9 Å². The molecule has 0 fully saturated rings. The van der Waals surface area contributed by atoms with Gasteiger partial charge < -0.3 is 4.74 Å². The molecule has 1 aromatic carbocycles. The van der Waals surface area contributed by atoms with E-state index in [0.29, 0.717) is 23.2 Å². The van der Waals surface area contributed by atoms with E-state index in [4.69, 9.17) is 4.74 Å². The minimum absolute atomic E-state index is 0.295. The number of aromatic nitrogens is 2. The lowest BCUT2D eigenvalue weighted by Crippen LogP contribution is -2.13. The minimum Gasteiger partial charge on any atom is -0.489 e. The van der Waals surface area contributed by atoms with Crippen molar-refractivity contribution in [3.63, 3.8) is 0 Å². The molecule has 3 rings (SSSR count). The fourth-order valence-corrected chi connectivity index (χ4v) is 2.60. The van der Waals surface area contributed by atoms with Crippen LogP contribution in [0.2, 0.25) is 0 Å². The Balaban J connectivity index is 1.65. The van der Waals surface area contributed by atoms with Gasteiger partial charge in [-0.15, -0.1) is 11.3 Å². The number of carbonyl (C=O) groups excluding carboxylic acids is 1. The predicted molar refractivity (Wildman–Crippen MR) is 89.8 cm³/mol. The molecule has 0 saturated carbocycles. The van der Waals surface area contributed by atoms with Crippen LogP contribution in [0, 0.1) is 6.92 Å². The molecule has 6 heteroatoms. The third-order valence-corrected chi connectivity index (χ3v) is 3.88. The van der Waals surface area contributed by atoms with Crippen LogP contribution in [0.1, 0.15) is 20.9 Å². The Labute approximate surface area is 138 Å². The standard InChI is InChI=1S/C17H15N3O2S/c1-12-10-19-17(23-12)20-16(21)15-9-14(7-8-18-15)22-11-13-5-3-2-4-6-13/h2-10H,11H2,1H3,(H,19,20,21). The van der Waals surface area contributed by atoms with Gasteiger partial charge in [0.1, 0.15) is 18.1 Å². The van der Waals surface area contributed by atoms with E-state index in [9.17, 15) is 4.79 Å². The van der Waals surface area contributed by atoms with Crippen molar-refractivity contribution in [2.45, 2.75) is 13.5 Å². The van der Waals surface area contributed by atoms with E-state index in [2.05, 4.69) is 15.3 Å². The van der Waals surface area contributed by atoms with Crippen molar-refractivity contribution in [2.75, 3.05) is 5.32 Å². The number of aryl methyl sites for hydroxylation is 1. The second-order valence-corrected chi connectivity index (χ2v) is 6.12. The van der Waals surface area contributed by atoms with Crippen molar-refractivity contribution >= 4 is 22.4 Å². The summed E-state index contributed by atoms with van der Waals surface area (Å²) in [5, 5.41) is 3.29. The Kier molecular flexibility index (Phi) is 4.63. The van der Waals surface area contributed by atoms with Crippen molar-refractivity contribution in [2.24, 2.45) is 0 Å². The number of anilines is 1. The summed E-state index contributed by atoms with van der Waals surface area (Å²) in [5.74, 6) is 0.300. The van der Waals surface area contributed by atoms with Crippen molar-refractivity contribution in [1.29, 1.82) is 0 Å². The van der Waals surface area contributed by atoms with Gasteiger partial charge in [-0.1, -0.05) is 30.3 Å². The molecule has 2 heterocycles. The summed E-state index contributed by atoms with van der Waals surface area (Å²) in [4.78, 5) is 21.4. The van der Waals surface area contributed by atoms with Crippen LogP contribution in [0.3, 0.4) is 0 Å². The molecule has 0 aliphatic heterocycles. The lowest BCUT2D eigenvalue weighted by atomic mass is 10.2. The molecule has 0 aliphatic rings. The molecule has 23 heavy (non-hydrogen) atoms. The van der Waals surface area contributed by atoms with Crippen LogP contribution in [-0.2, 0) is 6.61 Å². The van der Waals surface area contributed by atoms with E-state index >= 15 is 0 Å². The summed E-state index contributed by atoms with van der Waals surface area (Å²) in [6.45, 7) is 2.38. The second-order valence-electron chi connectivity index (χ2n) is 4.88. The zero-order chi connectivity index (χ0) is 16.1. The number of benzene rings is 1. The maximum Gasteiger partial charge on any atom is 0.276 e. The third kappa shape index (κ3) is 4.14. The van der Waals surface area contributed by atoms with E-state index in [-0.39, 0.29) is 5.91 Å². The zero-order valence-electron chi connectivity index (χ0n) is 12.5. The van der Waals surface area contributed by atoms with E-state index < -0.39 is 0 Å². The van der Waals surface area contributed by atoms with Crippen molar-refractivity contribution < 1.29 is 9.53 Å². The summed E-state index contributed by atoms with van der Waals surface area (Å²) in [5.41, 5.74) is 1.36. The molecule has 0 radical (unpaired) electrons. The van der Waals surface area contributed by atoms with Crippen LogP contribution in [0.5, 0.6) is 5.75 Å². The maximum absolute atomic E-state index is 12.2. The van der Waals surface area contributed by atoms with Crippen molar-refractivity contribution in [3.05, 3.63) is 71.0 Å².